The van der Waals surface area contributed by atoms with Gasteiger partial charge in [-0.1, -0.05) is 13.8 Å². The lowest BCUT2D eigenvalue weighted by Gasteiger charge is -2.46. The summed E-state index contributed by atoms with van der Waals surface area (Å²) in [6.45, 7) is 10.3. The van der Waals surface area contributed by atoms with Crippen LogP contribution < -0.4 is 5.32 Å². The smallest absolute Gasteiger partial charge is 0.0492 e. The van der Waals surface area contributed by atoms with Crippen molar-refractivity contribution in [2.24, 2.45) is 7.05 Å². The first-order valence-electron chi connectivity index (χ1n) is 7.56. The van der Waals surface area contributed by atoms with Gasteiger partial charge in [-0.15, -0.1) is 0 Å². The van der Waals surface area contributed by atoms with Crippen molar-refractivity contribution in [3.63, 3.8) is 0 Å². The third-order valence-corrected chi connectivity index (χ3v) is 4.83. The van der Waals surface area contributed by atoms with Crippen molar-refractivity contribution in [2.75, 3.05) is 19.6 Å². The van der Waals surface area contributed by atoms with Gasteiger partial charge in [-0.25, -0.2) is 0 Å². The molecule has 1 aliphatic heterocycles. The average molecular weight is 264 g/mol. The number of nitrogens with zero attached hydrogens (tertiary/aromatic N) is 3. The van der Waals surface area contributed by atoms with E-state index in [0.717, 1.165) is 19.5 Å². The summed E-state index contributed by atoms with van der Waals surface area (Å²) in [7, 11) is 2.03. The first kappa shape index (κ1) is 14.5. The highest BCUT2D eigenvalue weighted by atomic mass is 15.3. The molecule has 0 spiro atoms. The van der Waals surface area contributed by atoms with Gasteiger partial charge in [0.2, 0.25) is 0 Å². The third kappa shape index (κ3) is 3.18. The van der Waals surface area contributed by atoms with E-state index in [-0.39, 0.29) is 0 Å². The first-order valence-corrected chi connectivity index (χ1v) is 7.56. The van der Waals surface area contributed by atoms with Crippen LogP contribution in [0, 0.1) is 0 Å². The van der Waals surface area contributed by atoms with Gasteiger partial charge in [0.25, 0.3) is 0 Å². The van der Waals surface area contributed by atoms with Crippen LogP contribution in [0.3, 0.4) is 0 Å². The van der Waals surface area contributed by atoms with Crippen LogP contribution in [0.4, 0.5) is 0 Å². The molecular formula is C15H28N4. The van der Waals surface area contributed by atoms with E-state index >= 15 is 0 Å². The Labute approximate surface area is 117 Å². The van der Waals surface area contributed by atoms with Gasteiger partial charge in [0.15, 0.2) is 0 Å². The molecule has 108 valence electrons. The molecule has 1 unspecified atom stereocenters. The molecule has 1 N–H and O–H groups in total. The zero-order valence-corrected chi connectivity index (χ0v) is 12.8. The summed E-state index contributed by atoms with van der Waals surface area (Å²) in [6.07, 6.45) is 5.39. The normalized spacial score (nSPS) is 23.7. The zero-order chi connectivity index (χ0) is 13.9. The molecule has 4 heteroatoms. The molecule has 1 aromatic heterocycles. The number of hydrogen-bond acceptors (Lipinski definition) is 3. The van der Waals surface area contributed by atoms with Crippen LogP contribution in [0.5, 0.6) is 0 Å². The lowest BCUT2D eigenvalue weighted by Crippen LogP contribution is -2.63. The molecule has 1 aromatic rings. The fourth-order valence-corrected chi connectivity index (χ4v) is 3.02. The molecule has 1 saturated heterocycles. The quantitative estimate of drug-likeness (QED) is 0.880. The van der Waals surface area contributed by atoms with E-state index in [1.165, 1.54) is 25.1 Å². The van der Waals surface area contributed by atoms with E-state index < -0.39 is 0 Å². The van der Waals surface area contributed by atoms with Gasteiger partial charge < -0.3 is 5.32 Å². The number of nitrogens with one attached hydrogen (secondary N) is 1. The molecule has 19 heavy (non-hydrogen) atoms. The molecule has 0 saturated carbocycles. The minimum atomic E-state index is 0.318. The highest BCUT2D eigenvalue weighted by molar-refractivity contribution is 5.02. The van der Waals surface area contributed by atoms with Crippen LogP contribution in [0.1, 0.15) is 39.3 Å². The second-order valence-corrected chi connectivity index (χ2v) is 5.88. The van der Waals surface area contributed by atoms with Crippen LogP contribution in [-0.2, 0) is 13.5 Å². The van der Waals surface area contributed by atoms with Gasteiger partial charge >= 0.3 is 0 Å². The fourth-order valence-electron chi connectivity index (χ4n) is 3.02. The third-order valence-electron chi connectivity index (χ3n) is 4.83. The van der Waals surface area contributed by atoms with Crippen molar-refractivity contribution in [1.29, 1.82) is 0 Å². The maximum Gasteiger partial charge on any atom is 0.0492 e. The van der Waals surface area contributed by atoms with Crippen LogP contribution in [0.25, 0.3) is 0 Å². The van der Waals surface area contributed by atoms with E-state index in [2.05, 4.69) is 42.2 Å². The fraction of sp³-hybridized carbons (Fsp3) is 0.800. The molecule has 0 aliphatic carbocycles. The van der Waals surface area contributed by atoms with E-state index in [4.69, 9.17) is 0 Å². The Kier molecular flexibility index (Phi) is 4.63. The van der Waals surface area contributed by atoms with Gasteiger partial charge in [0, 0.05) is 56.6 Å². The number of aromatic nitrogens is 2. The second kappa shape index (κ2) is 6.06. The number of rotatable bonds is 5. The lowest BCUT2D eigenvalue weighted by molar-refractivity contribution is 0.0815. The number of piperazine rings is 1. The summed E-state index contributed by atoms with van der Waals surface area (Å²) >= 11 is 0. The van der Waals surface area contributed by atoms with Crippen molar-refractivity contribution in [2.45, 2.75) is 51.6 Å². The molecule has 0 amide bonds. The molecule has 4 nitrogen and oxygen atoms in total. The summed E-state index contributed by atoms with van der Waals surface area (Å²) in [5.41, 5.74) is 1.64. The summed E-state index contributed by atoms with van der Waals surface area (Å²) < 4.78 is 1.99. The summed E-state index contributed by atoms with van der Waals surface area (Å²) in [5, 5.41) is 8.00. The molecule has 0 radical (unpaired) electrons. The molecule has 2 rings (SSSR count). The molecule has 1 atom stereocenters. The SMILES string of the molecule is CCC1(CC)CN(CCc2ccnn2C)C(C)CN1. The van der Waals surface area contributed by atoms with E-state index in [1.54, 1.807) is 0 Å². The highest BCUT2D eigenvalue weighted by Crippen LogP contribution is 2.22. The summed E-state index contributed by atoms with van der Waals surface area (Å²) in [4.78, 5) is 2.64. The second-order valence-electron chi connectivity index (χ2n) is 5.88. The maximum absolute atomic E-state index is 4.25. The zero-order valence-electron chi connectivity index (χ0n) is 12.8. The van der Waals surface area contributed by atoms with Gasteiger partial charge in [-0.05, 0) is 25.8 Å². The van der Waals surface area contributed by atoms with Crippen molar-refractivity contribution < 1.29 is 0 Å². The van der Waals surface area contributed by atoms with Crippen LogP contribution in [0.15, 0.2) is 12.3 Å². The lowest BCUT2D eigenvalue weighted by atomic mass is 9.88. The monoisotopic (exact) mass is 264 g/mol. The standard InChI is InChI=1S/C15H28N4/c1-5-15(6-2)12-19(13(3)11-16-15)10-8-14-7-9-17-18(14)4/h7,9,13,16H,5-6,8,10-12H2,1-4H3. The largest absolute Gasteiger partial charge is 0.308 e. The molecule has 2 heterocycles. The minimum Gasteiger partial charge on any atom is -0.308 e. The number of aryl methyl sites for hydroxylation is 1. The molecular weight excluding hydrogens is 236 g/mol. The summed E-state index contributed by atoms with van der Waals surface area (Å²) in [6, 6.07) is 2.75. The Morgan fingerprint density at radius 3 is 2.74 bits per heavy atom. The van der Waals surface area contributed by atoms with E-state index in [9.17, 15) is 0 Å². The van der Waals surface area contributed by atoms with E-state index in [1.807, 2.05) is 17.9 Å². The Morgan fingerprint density at radius 2 is 2.16 bits per heavy atom. The molecule has 0 bridgehead atoms. The predicted molar refractivity (Wildman–Crippen MR) is 79.3 cm³/mol. The van der Waals surface area contributed by atoms with Crippen molar-refractivity contribution in [3.05, 3.63) is 18.0 Å². The summed E-state index contributed by atoms with van der Waals surface area (Å²) in [5.74, 6) is 0. The minimum absolute atomic E-state index is 0.318. The first-order chi connectivity index (χ1) is 9.10. The van der Waals surface area contributed by atoms with Gasteiger partial charge in [-0.3, -0.25) is 9.58 Å². The molecule has 0 aromatic carbocycles. The predicted octanol–water partition coefficient (Wildman–Crippen LogP) is 1.82. The molecule has 1 aliphatic rings. The number of hydrogen-bond donors (Lipinski definition) is 1. The van der Waals surface area contributed by atoms with Crippen LogP contribution in [0.2, 0.25) is 0 Å². The highest BCUT2D eigenvalue weighted by Gasteiger charge is 2.34. The Bertz CT molecular complexity index is 395. The van der Waals surface area contributed by atoms with E-state index in [0.29, 0.717) is 11.6 Å². The van der Waals surface area contributed by atoms with Crippen molar-refractivity contribution in [1.82, 2.24) is 20.0 Å². The topological polar surface area (TPSA) is 33.1 Å². The van der Waals surface area contributed by atoms with Gasteiger partial charge in [0.1, 0.15) is 0 Å². The van der Waals surface area contributed by atoms with Crippen molar-refractivity contribution in [3.8, 4) is 0 Å². The molecule has 1 fully saturated rings. The maximum atomic E-state index is 4.25. The van der Waals surface area contributed by atoms with Crippen LogP contribution in [-0.4, -0.2) is 45.9 Å². The Morgan fingerprint density at radius 1 is 1.42 bits per heavy atom. The van der Waals surface area contributed by atoms with Crippen LogP contribution >= 0.6 is 0 Å². The van der Waals surface area contributed by atoms with Gasteiger partial charge in [-0.2, -0.15) is 5.10 Å². The Balaban J connectivity index is 1.96. The van der Waals surface area contributed by atoms with Crippen molar-refractivity contribution >= 4 is 0 Å². The average Bonchev–Trinajstić information content (AvgIpc) is 2.84. The Hall–Kier alpha value is -0.870. The van der Waals surface area contributed by atoms with Gasteiger partial charge in [0.05, 0.1) is 0 Å².